The summed E-state index contributed by atoms with van der Waals surface area (Å²) in [5.74, 6) is -0.906. The van der Waals surface area contributed by atoms with E-state index in [4.69, 9.17) is 9.47 Å². The van der Waals surface area contributed by atoms with Crippen LogP contribution in [0.1, 0.15) is 5.56 Å². The van der Waals surface area contributed by atoms with Gasteiger partial charge in [-0.1, -0.05) is 6.07 Å². The van der Waals surface area contributed by atoms with Gasteiger partial charge in [0.05, 0.1) is 35.4 Å². The molecule has 4 rings (SSSR count). The number of ether oxygens (including phenoxy) is 2. The van der Waals surface area contributed by atoms with E-state index in [1.807, 2.05) is 0 Å². The summed E-state index contributed by atoms with van der Waals surface area (Å²) in [7, 11) is 0. The molecule has 0 unspecified atom stereocenters. The van der Waals surface area contributed by atoms with Crippen molar-refractivity contribution in [3.8, 4) is 17.0 Å². The van der Waals surface area contributed by atoms with Crippen LogP contribution < -0.4 is 4.74 Å². The summed E-state index contributed by atoms with van der Waals surface area (Å²) in [6.07, 6.45) is -4.63. The van der Waals surface area contributed by atoms with Gasteiger partial charge >= 0.3 is 6.18 Å². The summed E-state index contributed by atoms with van der Waals surface area (Å²) in [5.41, 5.74) is -0.0341. The molecule has 5 nitrogen and oxygen atoms in total. The van der Waals surface area contributed by atoms with Crippen molar-refractivity contribution in [1.82, 2.24) is 9.88 Å². The van der Waals surface area contributed by atoms with E-state index in [9.17, 15) is 22.4 Å². The summed E-state index contributed by atoms with van der Waals surface area (Å²) >= 11 is 0. The Kier molecular flexibility index (Phi) is 5.77. The lowest BCUT2D eigenvalue weighted by Crippen LogP contribution is -2.43. The molecule has 0 N–H and O–H groups in total. The van der Waals surface area contributed by atoms with Gasteiger partial charge < -0.3 is 14.4 Å². The number of benzene rings is 2. The van der Waals surface area contributed by atoms with E-state index in [-0.39, 0.29) is 22.6 Å². The fraction of sp³-hybridized carbons (Fsp3) is 0.273. The van der Waals surface area contributed by atoms with Gasteiger partial charge in [0, 0.05) is 24.7 Å². The molecule has 1 aromatic heterocycles. The molecule has 1 fully saturated rings. The first-order chi connectivity index (χ1) is 14.8. The van der Waals surface area contributed by atoms with Crippen LogP contribution in [0.15, 0.2) is 48.5 Å². The number of hydrogen-bond acceptors (Lipinski definition) is 4. The largest absolute Gasteiger partial charge is 0.483 e. The maximum absolute atomic E-state index is 13.6. The van der Waals surface area contributed by atoms with Crippen molar-refractivity contribution in [2.24, 2.45) is 0 Å². The standard InChI is InChI=1S/C22H18F4N2O3/c23-15-6-4-14(5-7-15)18-12-19(31-13-20(29)28-8-10-30-11-9-28)21-16(22(24,25)26)2-1-3-17(21)27-18/h1-7,12H,8-11,13H2. The van der Waals surface area contributed by atoms with Crippen molar-refractivity contribution < 1.29 is 31.8 Å². The van der Waals surface area contributed by atoms with Gasteiger partial charge in [0.15, 0.2) is 6.61 Å². The van der Waals surface area contributed by atoms with Crippen LogP contribution in [0.25, 0.3) is 22.2 Å². The SMILES string of the molecule is O=C(COc1cc(-c2ccc(F)cc2)nc2cccc(C(F)(F)F)c12)N1CCOCC1. The lowest BCUT2D eigenvalue weighted by molar-refractivity contribution is -0.137. The third-order valence-corrected chi connectivity index (χ3v) is 4.96. The predicted molar refractivity (Wildman–Crippen MR) is 105 cm³/mol. The second-order valence-electron chi connectivity index (χ2n) is 6.99. The van der Waals surface area contributed by atoms with Crippen LogP contribution in [0.2, 0.25) is 0 Å². The van der Waals surface area contributed by atoms with Crippen LogP contribution in [0.4, 0.5) is 17.6 Å². The van der Waals surface area contributed by atoms with Crippen molar-refractivity contribution in [2.75, 3.05) is 32.9 Å². The molecule has 0 bridgehead atoms. The highest BCUT2D eigenvalue weighted by Gasteiger charge is 2.34. The second-order valence-corrected chi connectivity index (χ2v) is 6.99. The molecule has 0 spiro atoms. The van der Waals surface area contributed by atoms with Gasteiger partial charge in [0.1, 0.15) is 11.6 Å². The summed E-state index contributed by atoms with van der Waals surface area (Å²) in [6, 6.07) is 10.4. The Hall–Kier alpha value is -3.20. The lowest BCUT2D eigenvalue weighted by atomic mass is 10.0. The molecule has 2 aromatic carbocycles. The molecular formula is C22H18F4N2O3. The fourth-order valence-electron chi connectivity index (χ4n) is 3.41. The van der Waals surface area contributed by atoms with E-state index in [2.05, 4.69) is 4.98 Å². The molecule has 1 aliphatic rings. The average Bonchev–Trinajstić information content (AvgIpc) is 2.77. The highest BCUT2D eigenvalue weighted by atomic mass is 19.4. The number of hydrogen-bond donors (Lipinski definition) is 0. The molecule has 0 aliphatic carbocycles. The minimum absolute atomic E-state index is 0.0606. The van der Waals surface area contributed by atoms with E-state index in [1.165, 1.54) is 42.5 Å². The summed E-state index contributed by atoms with van der Waals surface area (Å²) in [5, 5.41) is -0.226. The first-order valence-electron chi connectivity index (χ1n) is 9.58. The van der Waals surface area contributed by atoms with Gasteiger partial charge in [0.25, 0.3) is 5.91 Å². The molecule has 3 aromatic rings. The first-order valence-corrected chi connectivity index (χ1v) is 9.58. The highest BCUT2D eigenvalue weighted by Crippen LogP contribution is 2.40. The van der Waals surface area contributed by atoms with Crippen LogP contribution in [0, 0.1) is 5.82 Å². The van der Waals surface area contributed by atoms with Crippen molar-refractivity contribution in [1.29, 1.82) is 0 Å². The monoisotopic (exact) mass is 434 g/mol. The molecule has 162 valence electrons. The number of amides is 1. The highest BCUT2D eigenvalue weighted by molar-refractivity contribution is 5.91. The maximum Gasteiger partial charge on any atom is 0.417 e. The lowest BCUT2D eigenvalue weighted by Gasteiger charge is -2.27. The van der Waals surface area contributed by atoms with Crippen LogP contribution in [0.3, 0.4) is 0 Å². The number of carbonyl (C=O) groups is 1. The van der Waals surface area contributed by atoms with E-state index >= 15 is 0 Å². The molecule has 1 amide bonds. The maximum atomic E-state index is 13.6. The van der Waals surface area contributed by atoms with Gasteiger partial charge in [-0.15, -0.1) is 0 Å². The summed E-state index contributed by atoms with van der Waals surface area (Å²) in [4.78, 5) is 18.3. The van der Waals surface area contributed by atoms with Crippen molar-refractivity contribution in [3.63, 3.8) is 0 Å². The third kappa shape index (κ3) is 4.61. The number of nitrogens with zero attached hydrogens (tertiary/aromatic N) is 2. The average molecular weight is 434 g/mol. The van der Waals surface area contributed by atoms with Crippen molar-refractivity contribution in [3.05, 3.63) is 59.9 Å². The van der Waals surface area contributed by atoms with E-state index < -0.39 is 24.2 Å². The third-order valence-electron chi connectivity index (χ3n) is 4.96. The predicted octanol–water partition coefficient (Wildman–Crippen LogP) is 4.30. The minimum Gasteiger partial charge on any atom is -0.483 e. The number of rotatable bonds is 4. The molecule has 31 heavy (non-hydrogen) atoms. The smallest absolute Gasteiger partial charge is 0.417 e. The van der Waals surface area contributed by atoms with E-state index in [1.54, 1.807) is 4.90 Å². The first kappa shape index (κ1) is 21.0. The zero-order valence-corrected chi connectivity index (χ0v) is 16.3. The fourth-order valence-corrected chi connectivity index (χ4v) is 3.41. The zero-order chi connectivity index (χ0) is 22.0. The summed E-state index contributed by atoms with van der Waals surface area (Å²) < 4.78 is 65.0. The minimum atomic E-state index is -4.63. The van der Waals surface area contributed by atoms with E-state index in [0.717, 1.165) is 6.07 Å². The number of aromatic nitrogens is 1. The molecule has 0 atom stereocenters. The number of alkyl halides is 3. The molecule has 1 saturated heterocycles. The molecule has 2 heterocycles. The Morgan fingerprint density at radius 2 is 1.81 bits per heavy atom. The van der Waals surface area contributed by atoms with Crippen molar-refractivity contribution in [2.45, 2.75) is 6.18 Å². The van der Waals surface area contributed by atoms with Gasteiger partial charge in [-0.05, 0) is 36.4 Å². The topological polar surface area (TPSA) is 51.7 Å². The Balaban J connectivity index is 1.75. The van der Waals surface area contributed by atoms with Gasteiger partial charge in [-0.3, -0.25) is 4.79 Å². The van der Waals surface area contributed by atoms with Crippen LogP contribution in [0.5, 0.6) is 5.75 Å². The molecule has 1 aliphatic heterocycles. The van der Waals surface area contributed by atoms with Crippen LogP contribution >= 0.6 is 0 Å². The normalized spacial score (nSPS) is 14.6. The summed E-state index contributed by atoms with van der Waals surface area (Å²) in [6.45, 7) is 1.17. The Labute approximate surface area is 175 Å². The Bertz CT molecular complexity index is 1090. The molecule has 9 heteroatoms. The quantitative estimate of drug-likeness (QED) is 0.575. The van der Waals surface area contributed by atoms with Crippen LogP contribution in [-0.4, -0.2) is 48.7 Å². The zero-order valence-electron chi connectivity index (χ0n) is 16.3. The Morgan fingerprint density at radius 3 is 2.48 bits per heavy atom. The number of morpholine rings is 1. The molecule has 0 radical (unpaired) electrons. The number of fused-ring (bicyclic) bond motifs is 1. The van der Waals surface area contributed by atoms with Gasteiger partial charge in [-0.25, -0.2) is 9.37 Å². The number of pyridine rings is 1. The van der Waals surface area contributed by atoms with Crippen LogP contribution in [-0.2, 0) is 15.7 Å². The molecule has 0 saturated carbocycles. The number of carbonyl (C=O) groups excluding carboxylic acids is 1. The van der Waals surface area contributed by atoms with Gasteiger partial charge in [-0.2, -0.15) is 13.2 Å². The van der Waals surface area contributed by atoms with E-state index in [0.29, 0.717) is 37.6 Å². The van der Waals surface area contributed by atoms with Gasteiger partial charge in [0.2, 0.25) is 0 Å². The second kappa shape index (κ2) is 8.50. The number of halogens is 4. The van der Waals surface area contributed by atoms with Crippen molar-refractivity contribution >= 4 is 16.8 Å². The Morgan fingerprint density at radius 1 is 1.10 bits per heavy atom. The molecular weight excluding hydrogens is 416 g/mol.